The number of pyridine rings is 1. The van der Waals surface area contributed by atoms with Crippen molar-refractivity contribution in [3.05, 3.63) is 47.3 Å². The van der Waals surface area contributed by atoms with E-state index in [-0.39, 0.29) is 19.7 Å². The van der Waals surface area contributed by atoms with E-state index < -0.39 is 23.2 Å². The number of hydrogen-bond donors (Lipinski definition) is 2. The molecule has 0 spiro atoms. The van der Waals surface area contributed by atoms with E-state index in [0.29, 0.717) is 17.6 Å². The number of aromatic nitrogens is 3. The van der Waals surface area contributed by atoms with Crippen molar-refractivity contribution >= 4 is 5.91 Å². The van der Waals surface area contributed by atoms with Gasteiger partial charge in [-0.2, -0.15) is 0 Å². The molecule has 2 N–H and O–H groups in total. The molecule has 0 saturated carbocycles. The van der Waals surface area contributed by atoms with Crippen LogP contribution in [0.3, 0.4) is 0 Å². The van der Waals surface area contributed by atoms with Gasteiger partial charge in [-0.25, -0.2) is 18.7 Å². The molecule has 21 heavy (non-hydrogen) atoms. The van der Waals surface area contributed by atoms with Crippen molar-refractivity contribution < 1.29 is 18.7 Å². The number of nitrogens with one attached hydrogen (secondary N) is 1. The summed E-state index contributed by atoms with van der Waals surface area (Å²) in [4.78, 5) is 23.8. The minimum atomic E-state index is -1.04. The fraction of sp³-hybridized carbons (Fsp3) is 0.308. The zero-order chi connectivity index (χ0) is 15.4. The van der Waals surface area contributed by atoms with Gasteiger partial charge in [-0.15, -0.1) is 0 Å². The molecular weight excluding hydrogens is 282 g/mol. The number of aromatic amines is 1. The molecule has 6 nitrogen and oxygen atoms in total. The van der Waals surface area contributed by atoms with Crippen molar-refractivity contribution in [3.8, 4) is 0 Å². The molecule has 2 aromatic heterocycles. The fourth-order valence-electron chi connectivity index (χ4n) is 1.85. The van der Waals surface area contributed by atoms with Crippen LogP contribution in [0.15, 0.2) is 18.5 Å². The maximum absolute atomic E-state index is 13.6. The van der Waals surface area contributed by atoms with Crippen molar-refractivity contribution in [1.82, 2.24) is 19.9 Å². The zero-order valence-electron chi connectivity index (χ0n) is 11.3. The van der Waals surface area contributed by atoms with Gasteiger partial charge in [-0.1, -0.05) is 0 Å². The number of hydrogen-bond acceptors (Lipinski definition) is 4. The second-order valence-corrected chi connectivity index (χ2v) is 4.43. The topological polar surface area (TPSA) is 82.1 Å². The number of amides is 1. The lowest BCUT2D eigenvalue weighted by molar-refractivity contribution is 0.0694. The summed E-state index contributed by atoms with van der Waals surface area (Å²) in [5.74, 6) is -1.95. The Balaban J connectivity index is 2.22. The van der Waals surface area contributed by atoms with Crippen molar-refractivity contribution in [2.45, 2.75) is 13.5 Å². The first-order valence-electron chi connectivity index (χ1n) is 6.23. The number of rotatable bonds is 5. The van der Waals surface area contributed by atoms with Crippen molar-refractivity contribution in [1.29, 1.82) is 0 Å². The van der Waals surface area contributed by atoms with E-state index in [1.54, 1.807) is 13.1 Å². The molecule has 2 heterocycles. The third-order valence-corrected chi connectivity index (χ3v) is 2.78. The summed E-state index contributed by atoms with van der Waals surface area (Å²) in [6.45, 7) is 1.57. The number of aryl methyl sites for hydroxylation is 1. The van der Waals surface area contributed by atoms with E-state index in [0.717, 1.165) is 6.20 Å². The smallest absolute Gasteiger partial charge is 0.275 e. The number of aliphatic hydroxyl groups is 1. The van der Waals surface area contributed by atoms with Gasteiger partial charge in [-0.05, 0) is 6.92 Å². The maximum atomic E-state index is 13.6. The fourth-order valence-corrected chi connectivity index (χ4v) is 1.85. The average Bonchev–Trinajstić information content (AvgIpc) is 2.83. The number of H-pyrrole nitrogens is 1. The Morgan fingerprint density at radius 1 is 1.38 bits per heavy atom. The number of imidazole rings is 1. The highest BCUT2D eigenvalue weighted by atomic mass is 19.1. The van der Waals surface area contributed by atoms with Gasteiger partial charge in [0, 0.05) is 12.6 Å². The lowest BCUT2D eigenvalue weighted by atomic mass is 10.2. The van der Waals surface area contributed by atoms with E-state index in [2.05, 4.69) is 15.0 Å². The van der Waals surface area contributed by atoms with Gasteiger partial charge in [-0.3, -0.25) is 4.79 Å². The molecule has 0 aliphatic rings. The third-order valence-electron chi connectivity index (χ3n) is 2.78. The Morgan fingerprint density at radius 2 is 2.14 bits per heavy atom. The van der Waals surface area contributed by atoms with Crippen molar-refractivity contribution in [2.24, 2.45) is 0 Å². The summed E-state index contributed by atoms with van der Waals surface area (Å²) in [5, 5.41) is 9.04. The largest absolute Gasteiger partial charge is 0.395 e. The molecule has 2 aromatic rings. The molecule has 1 amide bonds. The van der Waals surface area contributed by atoms with Gasteiger partial charge in [0.1, 0.15) is 11.6 Å². The number of nitrogens with zero attached hydrogens (tertiary/aromatic N) is 3. The average molecular weight is 296 g/mol. The Morgan fingerprint density at radius 3 is 2.71 bits per heavy atom. The van der Waals surface area contributed by atoms with E-state index in [4.69, 9.17) is 5.11 Å². The Kier molecular flexibility index (Phi) is 4.59. The van der Waals surface area contributed by atoms with E-state index in [9.17, 15) is 13.6 Å². The standard InChI is InChI=1S/C13H14F2N4O2/c1-8-16-6-10(18-8)7-19(2-3-20)13(21)12-11(15)4-9(14)5-17-12/h4-6,20H,2-3,7H2,1H3,(H,16,18). The highest BCUT2D eigenvalue weighted by Crippen LogP contribution is 2.11. The molecule has 0 radical (unpaired) electrons. The minimum absolute atomic E-state index is 0.00457. The quantitative estimate of drug-likeness (QED) is 0.863. The highest BCUT2D eigenvalue weighted by Gasteiger charge is 2.21. The van der Waals surface area contributed by atoms with Crippen LogP contribution in [-0.4, -0.2) is 44.0 Å². The molecule has 8 heteroatoms. The Bertz CT molecular complexity index is 645. The first-order chi connectivity index (χ1) is 10.0. The van der Waals surface area contributed by atoms with Gasteiger partial charge < -0.3 is 15.0 Å². The van der Waals surface area contributed by atoms with E-state index in [1.807, 2.05) is 0 Å². The van der Waals surface area contributed by atoms with Crippen LogP contribution in [0.4, 0.5) is 8.78 Å². The SMILES string of the molecule is Cc1ncc(CN(CCO)C(=O)c2ncc(F)cc2F)[nH]1. The van der Waals surface area contributed by atoms with Gasteiger partial charge in [0.25, 0.3) is 5.91 Å². The summed E-state index contributed by atoms with van der Waals surface area (Å²) < 4.78 is 26.4. The summed E-state index contributed by atoms with van der Waals surface area (Å²) in [7, 11) is 0. The molecule has 0 aliphatic heterocycles. The lowest BCUT2D eigenvalue weighted by Gasteiger charge is -2.20. The van der Waals surface area contributed by atoms with Crippen LogP contribution in [0, 0.1) is 18.6 Å². The Labute approximate surface area is 119 Å². The predicted octanol–water partition coefficient (Wildman–Crippen LogP) is 1.03. The molecule has 0 aromatic carbocycles. The molecule has 0 aliphatic carbocycles. The van der Waals surface area contributed by atoms with Gasteiger partial charge in [0.05, 0.1) is 31.2 Å². The molecule has 2 rings (SSSR count). The second kappa shape index (κ2) is 6.40. The van der Waals surface area contributed by atoms with Crippen LogP contribution in [0.5, 0.6) is 0 Å². The third kappa shape index (κ3) is 3.60. The van der Waals surface area contributed by atoms with E-state index >= 15 is 0 Å². The summed E-state index contributed by atoms with van der Waals surface area (Å²) in [5.41, 5.74) is 0.151. The predicted molar refractivity (Wildman–Crippen MR) is 69.3 cm³/mol. The molecule has 112 valence electrons. The first kappa shape index (κ1) is 15.0. The molecular formula is C13H14F2N4O2. The van der Waals surface area contributed by atoms with Gasteiger partial charge >= 0.3 is 0 Å². The zero-order valence-corrected chi connectivity index (χ0v) is 11.3. The van der Waals surface area contributed by atoms with Crippen LogP contribution in [0.25, 0.3) is 0 Å². The number of carbonyl (C=O) groups excluding carboxylic acids is 1. The van der Waals surface area contributed by atoms with Crippen molar-refractivity contribution in [2.75, 3.05) is 13.2 Å². The van der Waals surface area contributed by atoms with Gasteiger partial charge in [0.2, 0.25) is 0 Å². The van der Waals surface area contributed by atoms with Crippen LogP contribution < -0.4 is 0 Å². The van der Waals surface area contributed by atoms with Crippen molar-refractivity contribution in [3.63, 3.8) is 0 Å². The number of halogens is 2. The Hall–Kier alpha value is -2.35. The van der Waals surface area contributed by atoms with Crippen LogP contribution in [-0.2, 0) is 6.54 Å². The highest BCUT2D eigenvalue weighted by molar-refractivity contribution is 5.92. The van der Waals surface area contributed by atoms with Crippen LogP contribution >= 0.6 is 0 Å². The van der Waals surface area contributed by atoms with E-state index in [1.165, 1.54) is 4.90 Å². The minimum Gasteiger partial charge on any atom is -0.395 e. The monoisotopic (exact) mass is 296 g/mol. The number of carbonyl (C=O) groups is 1. The van der Waals surface area contributed by atoms with Crippen LogP contribution in [0.1, 0.15) is 22.0 Å². The maximum Gasteiger partial charge on any atom is 0.275 e. The molecule has 0 unspecified atom stereocenters. The summed E-state index contributed by atoms with van der Waals surface area (Å²) in [6.07, 6.45) is 2.31. The lowest BCUT2D eigenvalue weighted by Crippen LogP contribution is -2.34. The second-order valence-electron chi connectivity index (χ2n) is 4.43. The number of aliphatic hydroxyl groups excluding tert-OH is 1. The summed E-state index contributed by atoms with van der Waals surface area (Å²) in [6, 6.07) is 0.595. The molecule has 0 saturated heterocycles. The summed E-state index contributed by atoms with van der Waals surface area (Å²) >= 11 is 0. The van der Waals surface area contributed by atoms with Gasteiger partial charge in [0.15, 0.2) is 11.5 Å². The molecule has 0 bridgehead atoms. The van der Waals surface area contributed by atoms with Crippen LogP contribution in [0.2, 0.25) is 0 Å². The molecule has 0 fully saturated rings. The normalized spacial score (nSPS) is 10.7. The first-order valence-corrected chi connectivity index (χ1v) is 6.23. The molecule has 0 atom stereocenters.